The maximum Gasteiger partial charge on any atom is 0.335 e. The van der Waals surface area contributed by atoms with Crippen LogP contribution in [-0.4, -0.2) is 35.3 Å². The normalized spacial score (nSPS) is 14.0. The third-order valence-corrected chi connectivity index (χ3v) is 4.46. The number of rotatable bonds is 6. The topological polar surface area (TPSA) is 71.5 Å². The minimum absolute atomic E-state index is 0. The van der Waals surface area contributed by atoms with Gasteiger partial charge >= 0.3 is 5.97 Å². The van der Waals surface area contributed by atoms with Gasteiger partial charge in [0.05, 0.1) is 17.3 Å². The van der Waals surface area contributed by atoms with Crippen LogP contribution in [0.4, 0.5) is 0 Å². The Kier molecular flexibility index (Phi) is 7.50. The minimum Gasteiger partial charge on any atom is -0.490 e. The van der Waals surface area contributed by atoms with Crippen LogP contribution >= 0.6 is 36.4 Å². The summed E-state index contributed by atoms with van der Waals surface area (Å²) in [5.41, 5.74) is 1.83. The van der Waals surface area contributed by atoms with Gasteiger partial charge in [-0.2, -0.15) is 0 Å². The lowest BCUT2D eigenvalue weighted by molar-refractivity contribution is 0.0697. The van der Waals surface area contributed by atoms with Crippen molar-refractivity contribution in [2.75, 3.05) is 13.7 Å². The molecule has 1 fully saturated rings. The number of aromatic nitrogens is 1. The molecular weight excluding hydrogens is 387 g/mol. The summed E-state index contributed by atoms with van der Waals surface area (Å²) in [6.45, 7) is 0.588. The molecule has 5 nitrogen and oxygen atoms in total. The summed E-state index contributed by atoms with van der Waals surface area (Å²) in [7, 11) is 1.94. The van der Waals surface area contributed by atoms with Crippen LogP contribution in [0.1, 0.15) is 23.2 Å². The highest BCUT2D eigenvalue weighted by Crippen LogP contribution is 2.36. The number of hydrogen-bond acceptors (Lipinski definition) is 4. The molecule has 0 unspecified atom stereocenters. The lowest BCUT2D eigenvalue weighted by Gasteiger charge is -2.15. The van der Waals surface area contributed by atoms with Gasteiger partial charge in [0, 0.05) is 5.56 Å². The Morgan fingerprint density at radius 3 is 2.48 bits per heavy atom. The van der Waals surface area contributed by atoms with Gasteiger partial charge in [-0.05, 0) is 43.7 Å². The molecule has 1 heterocycles. The Hall–Kier alpha value is -1.53. The summed E-state index contributed by atoms with van der Waals surface area (Å²) in [5, 5.41) is 12.6. The molecule has 3 rings (SSSR count). The Balaban J connectivity index is 0.00000156. The quantitative estimate of drug-likeness (QED) is 0.709. The van der Waals surface area contributed by atoms with E-state index in [1.54, 1.807) is 30.5 Å². The van der Waals surface area contributed by atoms with E-state index in [2.05, 4.69) is 10.3 Å². The molecular formula is C17H19Cl3N2O3. The highest BCUT2D eigenvalue weighted by molar-refractivity contribution is 6.32. The molecule has 0 atom stereocenters. The zero-order chi connectivity index (χ0) is 16.4. The molecule has 0 bridgehead atoms. The zero-order valence-corrected chi connectivity index (χ0v) is 15.9. The first-order valence-corrected chi connectivity index (χ1v) is 7.72. The van der Waals surface area contributed by atoms with Gasteiger partial charge in [0.2, 0.25) is 0 Å². The van der Waals surface area contributed by atoms with Gasteiger partial charge in [0.1, 0.15) is 17.5 Å². The van der Waals surface area contributed by atoms with Gasteiger partial charge in [-0.25, -0.2) is 9.78 Å². The van der Waals surface area contributed by atoms with E-state index in [9.17, 15) is 4.79 Å². The van der Waals surface area contributed by atoms with Crippen LogP contribution in [0.25, 0.3) is 11.1 Å². The third kappa shape index (κ3) is 4.98. The Morgan fingerprint density at radius 1 is 1.32 bits per heavy atom. The van der Waals surface area contributed by atoms with Gasteiger partial charge in [-0.15, -0.1) is 24.8 Å². The van der Waals surface area contributed by atoms with Gasteiger partial charge < -0.3 is 15.2 Å². The van der Waals surface area contributed by atoms with Crippen LogP contribution in [0.3, 0.4) is 0 Å². The van der Waals surface area contributed by atoms with Gasteiger partial charge in [-0.3, -0.25) is 0 Å². The summed E-state index contributed by atoms with van der Waals surface area (Å²) >= 11 is 6.17. The molecule has 2 N–H and O–H groups in total. The average molecular weight is 406 g/mol. The van der Waals surface area contributed by atoms with Crippen molar-refractivity contribution < 1.29 is 14.6 Å². The van der Waals surface area contributed by atoms with Crippen LogP contribution in [-0.2, 0) is 0 Å². The van der Waals surface area contributed by atoms with Crippen LogP contribution in [0.15, 0.2) is 36.5 Å². The summed E-state index contributed by atoms with van der Waals surface area (Å²) in [6, 6.07) is 8.35. The van der Waals surface area contributed by atoms with Crippen LogP contribution in [0, 0.1) is 0 Å². The number of halogens is 3. The number of hydrogen-bond donors (Lipinski definition) is 2. The zero-order valence-electron chi connectivity index (χ0n) is 13.5. The monoisotopic (exact) mass is 404 g/mol. The predicted molar refractivity (Wildman–Crippen MR) is 103 cm³/mol. The number of nitrogens with zero attached hydrogens (tertiary/aromatic N) is 1. The van der Waals surface area contributed by atoms with Crippen molar-refractivity contribution in [3.63, 3.8) is 0 Å². The maximum atomic E-state index is 10.9. The molecule has 25 heavy (non-hydrogen) atoms. The first-order chi connectivity index (χ1) is 11.0. The van der Waals surface area contributed by atoms with E-state index in [0.717, 1.165) is 24.0 Å². The molecule has 0 amide bonds. The van der Waals surface area contributed by atoms with Crippen molar-refractivity contribution in [1.82, 2.24) is 10.3 Å². The van der Waals surface area contributed by atoms with E-state index >= 15 is 0 Å². The van der Waals surface area contributed by atoms with Crippen molar-refractivity contribution in [2.24, 2.45) is 0 Å². The molecule has 0 spiro atoms. The van der Waals surface area contributed by atoms with Crippen molar-refractivity contribution in [1.29, 1.82) is 0 Å². The number of carbonyl (C=O) groups is 1. The second kappa shape index (κ2) is 8.72. The van der Waals surface area contributed by atoms with E-state index in [1.807, 2.05) is 13.1 Å². The number of benzene rings is 1. The molecule has 1 aromatic heterocycles. The number of carboxylic acid groups (broad SMARTS) is 1. The lowest BCUT2D eigenvalue weighted by atomic mass is 10.1. The van der Waals surface area contributed by atoms with Crippen LogP contribution < -0.4 is 10.1 Å². The molecule has 136 valence electrons. The SMILES string of the molecule is CNC1(COc2cnc(Cl)c(-c3ccc(C(=O)O)cc3)c2)CC1.Cl.Cl. The lowest BCUT2D eigenvalue weighted by Crippen LogP contribution is -2.33. The summed E-state index contributed by atoms with van der Waals surface area (Å²) in [4.78, 5) is 15.1. The molecule has 0 saturated heterocycles. The molecule has 0 radical (unpaired) electrons. The molecule has 1 aliphatic rings. The highest BCUT2D eigenvalue weighted by Gasteiger charge is 2.41. The minimum atomic E-state index is -0.959. The number of likely N-dealkylation sites (N-methyl/N-ethyl adjacent to an activating group) is 1. The Morgan fingerprint density at radius 2 is 1.96 bits per heavy atom. The van der Waals surface area contributed by atoms with E-state index in [-0.39, 0.29) is 35.9 Å². The van der Waals surface area contributed by atoms with Gasteiger partial charge in [0.15, 0.2) is 0 Å². The Labute approximate surface area is 163 Å². The van der Waals surface area contributed by atoms with Crippen molar-refractivity contribution in [2.45, 2.75) is 18.4 Å². The summed E-state index contributed by atoms with van der Waals surface area (Å²) < 4.78 is 5.83. The van der Waals surface area contributed by atoms with Crippen molar-refractivity contribution in [3.05, 3.63) is 47.2 Å². The molecule has 1 saturated carbocycles. The number of nitrogens with one attached hydrogen (secondary N) is 1. The summed E-state index contributed by atoms with van der Waals surface area (Å²) in [5.74, 6) is -0.312. The van der Waals surface area contributed by atoms with E-state index in [0.29, 0.717) is 17.5 Å². The number of ether oxygens (including phenoxy) is 1. The van der Waals surface area contributed by atoms with Crippen molar-refractivity contribution in [3.8, 4) is 16.9 Å². The largest absolute Gasteiger partial charge is 0.490 e. The first kappa shape index (κ1) is 21.5. The van der Waals surface area contributed by atoms with E-state index < -0.39 is 5.97 Å². The number of carboxylic acids is 1. The molecule has 1 aromatic carbocycles. The highest BCUT2D eigenvalue weighted by atomic mass is 35.5. The second-order valence-electron chi connectivity index (χ2n) is 5.71. The second-order valence-corrected chi connectivity index (χ2v) is 6.07. The average Bonchev–Trinajstić information content (AvgIpc) is 3.35. The standard InChI is InChI=1S/C17H17ClN2O3.2ClH/c1-19-17(6-7-17)10-23-13-8-14(15(18)20-9-13)11-2-4-12(5-3-11)16(21)22;;/h2-5,8-9,19H,6-7,10H2,1H3,(H,21,22);2*1H. The van der Waals surface area contributed by atoms with Gasteiger partial charge in [-0.1, -0.05) is 23.7 Å². The van der Waals surface area contributed by atoms with Crippen molar-refractivity contribution >= 4 is 42.4 Å². The smallest absolute Gasteiger partial charge is 0.335 e. The van der Waals surface area contributed by atoms with Crippen LogP contribution in [0.2, 0.25) is 5.15 Å². The predicted octanol–water partition coefficient (Wildman–Crippen LogP) is 4.07. The van der Waals surface area contributed by atoms with Crippen LogP contribution in [0.5, 0.6) is 5.75 Å². The molecule has 0 aliphatic heterocycles. The third-order valence-electron chi connectivity index (χ3n) is 4.16. The number of aromatic carboxylic acids is 1. The fourth-order valence-electron chi connectivity index (χ4n) is 2.34. The van der Waals surface area contributed by atoms with Gasteiger partial charge in [0.25, 0.3) is 0 Å². The molecule has 8 heteroatoms. The number of pyridine rings is 1. The molecule has 2 aromatic rings. The Bertz CT molecular complexity index is 734. The van der Waals surface area contributed by atoms with E-state index in [4.69, 9.17) is 21.4 Å². The molecule has 1 aliphatic carbocycles. The van der Waals surface area contributed by atoms with E-state index in [1.165, 1.54) is 0 Å². The fourth-order valence-corrected chi connectivity index (χ4v) is 2.55. The summed E-state index contributed by atoms with van der Waals surface area (Å²) in [6.07, 6.45) is 3.81. The fraction of sp³-hybridized carbons (Fsp3) is 0.294. The first-order valence-electron chi connectivity index (χ1n) is 7.34. The maximum absolute atomic E-state index is 10.9.